The maximum atomic E-state index is 12.1. The SMILES string of the molecule is O=C(NC1CCN(C2CCCCC2)C1)c1cnccn1. The van der Waals surface area contributed by atoms with Crippen LogP contribution >= 0.6 is 0 Å². The van der Waals surface area contributed by atoms with Crippen molar-refractivity contribution in [3.8, 4) is 0 Å². The maximum Gasteiger partial charge on any atom is 0.271 e. The van der Waals surface area contributed by atoms with Crippen LogP contribution in [-0.2, 0) is 0 Å². The van der Waals surface area contributed by atoms with Crippen LogP contribution in [0.3, 0.4) is 0 Å². The van der Waals surface area contributed by atoms with E-state index in [4.69, 9.17) is 0 Å². The van der Waals surface area contributed by atoms with Gasteiger partial charge in [-0.2, -0.15) is 0 Å². The lowest BCUT2D eigenvalue weighted by molar-refractivity contribution is 0.0929. The smallest absolute Gasteiger partial charge is 0.271 e. The predicted octanol–water partition coefficient (Wildman–Crippen LogP) is 1.61. The first-order valence-corrected chi connectivity index (χ1v) is 7.64. The number of nitrogens with zero attached hydrogens (tertiary/aromatic N) is 3. The Balaban J connectivity index is 1.51. The van der Waals surface area contributed by atoms with Crippen LogP contribution in [-0.4, -0.2) is 45.9 Å². The Morgan fingerprint density at radius 3 is 2.80 bits per heavy atom. The minimum Gasteiger partial charge on any atom is -0.347 e. The number of amides is 1. The van der Waals surface area contributed by atoms with Gasteiger partial charge in [-0.1, -0.05) is 19.3 Å². The number of carbonyl (C=O) groups excluding carboxylic acids is 1. The van der Waals surface area contributed by atoms with Gasteiger partial charge in [-0.3, -0.25) is 14.7 Å². The summed E-state index contributed by atoms with van der Waals surface area (Å²) in [6, 6.07) is 0.994. The largest absolute Gasteiger partial charge is 0.347 e. The van der Waals surface area contributed by atoms with Crippen molar-refractivity contribution >= 4 is 5.91 Å². The first-order chi connectivity index (χ1) is 9.83. The second kappa shape index (κ2) is 6.31. The van der Waals surface area contributed by atoms with Gasteiger partial charge in [0.15, 0.2) is 0 Å². The molecular formula is C15H22N4O. The Labute approximate surface area is 119 Å². The number of hydrogen-bond acceptors (Lipinski definition) is 4. The Kier molecular flexibility index (Phi) is 4.25. The summed E-state index contributed by atoms with van der Waals surface area (Å²) in [5.74, 6) is -0.103. The molecule has 2 heterocycles. The average molecular weight is 274 g/mol. The van der Waals surface area contributed by atoms with E-state index in [0.29, 0.717) is 5.69 Å². The zero-order valence-corrected chi connectivity index (χ0v) is 11.8. The van der Waals surface area contributed by atoms with Crippen LogP contribution in [0, 0.1) is 0 Å². The second-order valence-electron chi connectivity index (χ2n) is 5.84. The molecule has 1 N–H and O–H groups in total. The van der Waals surface area contributed by atoms with Gasteiger partial charge in [0.2, 0.25) is 0 Å². The van der Waals surface area contributed by atoms with Gasteiger partial charge in [0.05, 0.1) is 6.20 Å². The molecule has 0 aromatic carbocycles. The highest BCUT2D eigenvalue weighted by atomic mass is 16.2. The lowest BCUT2D eigenvalue weighted by Gasteiger charge is -2.31. The standard InChI is InChI=1S/C15H22N4O/c20-15(14-10-16-7-8-17-14)18-12-6-9-19(11-12)13-4-2-1-3-5-13/h7-8,10,12-13H,1-6,9,11H2,(H,18,20). The monoisotopic (exact) mass is 274 g/mol. The van der Waals surface area contributed by atoms with Crippen molar-refractivity contribution < 1.29 is 4.79 Å². The highest BCUT2D eigenvalue weighted by Crippen LogP contribution is 2.25. The molecule has 1 aliphatic carbocycles. The number of aromatic nitrogens is 2. The van der Waals surface area contributed by atoms with Crippen molar-refractivity contribution in [2.75, 3.05) is 13.1 Å². The Morgan fingerprint density at radius 1 is 1.20 bits per heavy atom. The summed E-state index contributed by atoms with van der Waals surface area (Å²) in [6.45, 7) is 2.09. The van der Waals surface area contributed by atoms with E-state index in [2.05, 4.69) is 20.2 Å². The molecule has 20 heavy (non-hydrogen) atoms. The van der Waals surface area contributed by atoms with Gasteiger partial charge in [0.1, 0.15) is 5.69 Å². The van der Waals surface area contributed by atoms with Gasteiger partial charge >= 0.3 is 0 Å². The van der Waals surface area contributed by atoms with E-state index in [0.717, 1.165) is 25.6 Å². The average Bonchev–Trinajstić information content (AvgIpc) is 2.97. The van der Waals surface area contributed by atoms with Crippen LogP contribution in [0.4, 0.5) is 0 Å². The van der Waals surface area contributed by atoms with E-state index in [1.54, 1.807) is 12.4 Å². The molecule has 1 aromatic rings. The molecule has 0 bridgehead atoms. The van der Waals surface area contributed by atoms with Crippen molar-refractivity contribution in [2.24, 2.45) is 0 Å². The van der Waals surface area contributed by atoms with E-state index >= 15 is 0 Å². The van der Waals surface area contributed by atoms with Gasteiger partial charge in [-0.15, -0.1) is 0 Å². The zero-order chi connectivity index (χ0) is 13.8. The molecule has 1 aliphatic heterocycles. The molecule has 0 radical (unpaired) electrons. The second-order valence-corrected chi connectivity index (χ2v) is 5.84. The molecule has 1 aromatic heterocycles. The van der Waals surface area contributed by atoms with E-state index in [1.807, 2.05) is 0 Å². The molecule has 1 amide bonds. The normalized spacial score (nSPS) is 24.7. The van der Waals surface area contributed by atoms with Gasteiger partial charge < -0.3 is 5.32 Å². The Morgan fingerprint density at radius 2 is 2.05 bits per heavy atom. The molecule has 0 spiro atoms. The molecule has 5 nitrogen and oxygen atoms in total. The lowest BCUT2D eigenvalue weighted by Crippen LogP contribution is -2.40. The van der Waals surface area contributed by atoms with Crippen LogP contribution in [0.25, 0.3) is 0 Å². The fraction of sp³-hybridized carbons (Fsp3) is 0.667. The number of rotatable bonds is 3. The molecule has 2 aliphatic rings. The minimum absolute atomic E-state index is 0.103. The van der Waals surface area contributed by atoms with E-state index in [1.165, 1.54) is 38.3 Å². The van der Waals surface area contributed by atoms with Crippen molar-refractivity contribution in [1.82, 2.24) is 20.2 Å². The topological polar surface area (TPSA) is 58.1 Å². The highest BCUT2D eigenvalue weighted by molar-refractivity contribution is 5.92. The summed E-state index contributed by atoms with van der Waals surface area (Å²) >= 11 is 0. The number of carbonyl (C=O) groups is 1. The lowest BCUT2D eigenvalue weighted by atomic mass is 9.94. The molecule has 108 valence electrons. The maximum absolute atomic E-state index is 12.1. The van der Waals surface area contributed by atoms with Crippen LogP contribution in [0.1, 0.15) is 49.0 Å². The van der Waals surface area contributed by atoms with E-state index in [9.17, 15) is 4.79 Å². The first-order valence-electron chi connectivity index (χ1n) is 7.64. The fourth-order valence-corrected chi connectivity index (χ4v) is 3.36. The van der Waals surface area contributed by atoms with Crippen molar-refractivity contribution in [3.05, 3.63) is 24.3 Å². The van der Waals surface area contributed by atoms with Gasteiger partial charge in [-0.05, 0) is 19.3 Å². The third kappa shape index (κ3) is 3.15. The third-order valence-corrected chi connectivity index (χ3v) is 4.44. The molecular weight excluding hydrogens is 252 g/mol. The Hall–Kier alpha value is -1.49. The third-order valence-electron chi connectivity index (χ3n) is 4.44. The van der Waals surface area contributed by atoms with Crippen LogP contribution in [0.2, 0.25) is 0 Å². The van der Waals surface area contributed by atoms with Crippen LogP contribution in [0.15, 0.2) is 18.6 Å². The van der Waals surface area contributed by atoms with Crippen LogP contribution in [0.5, 0.6) is 0 Å². The van der Waals surface area contributed by atoms with Gasteiger partial charge in [-0.25, -0.2) is 4.98 Å². The minimum atomic E-state index is -0.103. The zero-order valence-electron chi connectivity index (χ0n) is 11.8. The predicted molar refractivity (Wildman–Crippen MR) is 76.3 cm³/mol. The number of nitrogens with one attached hydrogen (secondary N) is 1. The summed E-state index contributed by atoms with van der Waals surface area (Å²) in [6.07, 6.45) is 12.4. The molecule has 3 rings (SSSR count). The van der Waals surface area contributed by atoms with E-state index in [-0.39, 0.29) is 11.9 Å². The molecule has 1 saturated heterocycles. The summed E-state index contributed by atoms with van der Waals surface area (Å²) < 4.78 is 0. The summed E-state index contributed by atoms with van der Waals surface area (Å²) in [7, 11) is 0. The molecule has 5 heteroatoms. The number of likely N-dealkylation sites (tertiary alicyclic amines) is 1. The highest BCUT2D eigenvalue weighted by Gasteiger charge is 2.30. The summed E-state index contributed by atoms with van der Waals surface area (Å²) in [5.41, 5.74) is 0.406. The Bertz CT molecular complexity index is 444. The quantitative estimate of drug-likeness (QED) is 0.910. The summed E-state index contributed by atoms with van der Waals surface area (Å²) in [5, 5.41) is 3.08. The number of hydrogen-bond donors (Lipinski definition) is 1. The van der Waals surface area contributed by atoms with Crippen LogP contribution < -0.4 is 5.32 Å². The molecule has 1 saturated carbocycles. The summed E-state index contributed by atoms with van der Waals surface area (Å²) in [4.78, 5) is 22.6. The molecule has 1 unspecified atom stereocenters. The van der Waals surface area contributed by atoms with Crippen molar-refractivity contribution in [1.29, 1.82) is 0 Å². The van der Waals surface area contributed by atoms with Crippen molar-refractivity contribution in [3.63, 3.8) is 0 Å². The molecule has 2 fully saturated rings. The van der Waals surface area contributed by atoms with Gasteiger partial charge in [0, 0.05) is 37.6 Å². The fourth-order valence-electron chi connectivity index (χ4n) is 3.36. The molecule has 1 atom stereocenters. The van der Waals surface area contributed by atoms with E-state index < -0.39 is 0 Å². The van der Waals surface area contributed by atoms with Gasteiger partial charge in [0.25, 0.3) is 5.91 Å². The van der Waals surface area contributed by atoms with Crippen molar-refractivity contribution in [2.45, 2.75) is 50.6 Å². The first kappa shape index (κ1) is 13.5.